The number of sulfonamides is 1. The third-order valence-corrected chi connectivity index (χ3v) is 8.42. The molecule has 0 saturated heterocycles. The van der Waals surface area contributed by atoms with Crippen LogP contribution in [0.4, 0.5) is 5.69 Å². The van der Waals surface area contributed by atoms with E-state index in [4.69, 9.17) is 16.3 Å². The van der Waals surface area contributed by atoms with E-state index in [0.29, 0.717) is 28.4 Å². The second-order valence-electron chi connectivity index (χ2n) is 10.8. The number of hydrogen-bond donors (Lipinski definition) is 1. The first-order valence-electron chi connectivity index (χ1n) is 13.3. The molecule has 0 aliphatic heterocycles. The molecule has 0 bridgehead atoms. The van der Waals surface area contributed by atoms with Gasteiger partial charge in [-0.15, -0.1) is 0 Å². The minimum absolute atomic E-state index is 0.0408. The first-order chi connectivity index (χ1) is 19.3. The van der Waals surface area contributed by atoms with Gasteiger partial charge in [0.25, 0.3) is 10.0 Å². The molecule has 0 fully saturated rings. The summed E-state index contributed by atoms with van der Waals surface area (Å²) in [5.74, 6) is -0.249. The third-order valence-electron chi connectivity index (χ3n) is 6.41. The average Bonchev–Trinajstić information content (AvgIpc) is 2.91. The summed E-state index contributed by atoms with van der Waals surface area (Å²) < 4.78 is 34.4. The number of hydrogen-bond acceptors (Lipinski definition) is 5. The number of anilines is 1. The van der Waals surface area contributed by atoms with Gasteiger partial charge in [0.2, 0.25) is 11.8 Å². The van der Waals surface area contributed by atoms with Crippen molar-refractivity contribution in [3.05, 3.63) is 88.9 Å². The molecule has 0 aliphatic rings. The molecule has 1 unspecified atom stereocenters. The molecule has 0 radical (unpaired) electrons. The number of aryl methyl sites for hydroxylation is 1. The van der Waals surface area contributed by atoms with E-state index in [-0.39, 0.29) is 17.3 Å². The van der Waals surface area contributed by atoms with Crippen LogP contribution in [0.3, 0.4) is 0 Å². The van der Waals surface area contributed by atoms with Crippen LogP contribution in [0.15, 0.2) is 77.7 Å². The molecule has 41 heavy (non-hydrogen) atoms. The van der Waals surface area contributed by atoms with Crippen LogP contribution in [-0.2, 0) is 26.2 Å². The monoisotopic (exact) mass is 599 g/mol. The van der Waals surface area contributed by atoms with Gasteiger partial charge in [-0.2, -0.15) is 0 Å². The number of ether oxygens (including phenoxy) is 1. The lowest BCUT2D eigenvalue weighted by Crippen LogP contribution is -2.55. The van der Waals surface area contributed by atoms with Crippen molar-refractivity contribution in [2.45, 2.75) is 64.1 Å². The van der Waals surface area contributed by atoms with E-state index in [1.54, 1.807) is 68.6 Å². The van der Waals surface area contributed by atoms with Crippen LogP contribution in [0.1, 0.15) is 45.2 Å². The van der Waals surface area contributed by atoms with Crippen LogP contribution in [0, 0.1) is 6.92 Å². The van der Waals surface area contributed by atoms with Crippen LogP contribution in [0.5, 0.6) is 5.75 Å². The lowest BCUT2D eigenvalue weighted by atomic mass is 10.1. The first-order valence-corrected chi connectivity index (χ1v) is 15.2. The summed E-state index contributed by atoms with van der Waals surface area (Å²) in [6.07, 6.45) is 0.322. The molecular formula is C31H38ClN3O5S. The van der Waals surface area contributed by atoms with E-state index < -0.39 is 34.1 Å². The molecule has 10 heteroatoms. The second kappa shape index (κ2) is 13.4. The topological polar surface area (TPSA) is 96.0 Å². The third kappa shape index (κ3) is 8.24. The zero-order valence-electron chi connectivity index (χ0n) is 24.3. The smallest absolute Gasteiger partial charge is 0.264 e. The Balaban J connectivity index is 2.10. The molecular weight excluding hydrogens is 562 g/mol. The Hall–Kier alpha value is -3.56. The maximum atomic E-state index is 14.2. The van der Waals surface area contributed by atoms with Gasteiger partial charge in [0.1, 0.15) is 18.3 Å². The molecule has 0 spiro atoms. The lowest BCUT2D eigenvalue weighted by Gasteiger charge is -2.35. The molecule has 0 saturated carbocycles. The fourth-order valence-corrected chi connectivity index (χ4v) is 6.20. The van der Waals surface area contributed by atoms with Crippen LogP contribution >= 0.6 is 11.6 Å². The Bertz CT molecular complexity index is 1470. The normalized spacial score (nSPS) is 12.4. The molecule has 1 atom stereocenters. The predicted octanol–water partition coefficient (Wildman–Crippen LogP) is 5.57. The number of amides is 2. The summed E-state index contributed by atoms with van der Waals surface area (Å²) in [4.78, 5) is 29.1. The molecule has 3 aromatic carbocycles. The highest BCUT2D eigenvalue weighted by Crippen LogP contribution is 2.29. The quantitative estimate of drug-likeness (QED) is 0.311. The summed E-state index contributed by atoms with van der Waals surface area (Å²) in [6, 6.07) is 19.1. The molecule has 8 nitrogen and oxygen atoms in total. The maximum Gasteiger partial charge on any atom is 0.264 e. The second-order valence-corrected chi connectivity index (χ2v) is 13.1. The van der Waals surface area contributed by atoms with E-state index in [1.807, 2.05) is 33.8 Å². The lowest BCUT2D eigenvalue weighted by molar-refractivity contribution is -0.141. The molecule has 2 amide bonds. The zero-order valence-corrected chi connectivity index (χ0v) is 25.9. The standard InChI is InChI=1S/C31H38ClN3O5S/c1-7-27(30(37)33-31(3,4)5)34(20-23-12-11-13-25(19-23)40-6)29(36)21-35(28-17-16-24(32)18-22(28)2)41(38,39)26-14-9-8-10-15-26/h8-19,27H,7,20-21H2,1-6H3,(H,33,37). The van der Waals surface area contributed by atoms with Crippen LogP contribution in [0.25, 0.3) is 0 Å². The summed E-state index contributed by atoms with van der Waals surface area (Å²) >= 11 is 6.17. The Morgan fingerprint density at radius 3 is 2.27 bits per heavy atom. The fourth-order valence-electron chi connectivity index (χ4n) is 4.47. The molecule has 220 valence electrons. The van der Waals surface area contributed by atoms with Gasteiger partial charge in [-0.25, -0.2) is 8.42 Å². The van der Waals surface area contributed by atoms with Crippen LogP contribution in [0.2, 0.25) is 5.02 Å². The molecule has 0 heterocycles. The average molecular weight is 600 g/mol. The molecule has 3 rings (SSSR count). The van der Waals surface area contributed by atoms with Crippen LogP contribution in [-0.4, -0.2) is 50.4 Å². The van der Waals surface area contributed by atoms with Gasteiger partial charge in [0.15, 0.2) is 0 Å². The molecule has 0 aromatic heterocycles. The van der Waals surface area contributed by atoms with E-state index in [1.165, 1.54) is 17.0 Å². The SMILES string of the molecule is CCC(C(=O)NC(C)(C)C)N(Cc1cccc(OC)c1)C(=O)CN(c1ccc(Cl)cc1C)S(=O)(=O)c1ccccc1. The first kappa shape index (κ1) is 32.0. The van der Waals surface area contributed by atoms with Crippen molar-refractivity contribution >= 4 is 39.1 Å². The summed E-state index contributed by atoms with van der Waals surface area (Å²) in [7, 11) is -2.61. The van der Waals surface area contributed by atoms with Crippen molar-refractivity contribution in [1.82, 2.24) is 10.2 Å². The number of methoxy groups -OCH3 is 1. The van der Waals surface area contributed by atoms with E-state index in [0.717, 1.165) is 9.87 Å². The zero-order chi connectivity index (χ0) is 30.4. The Kier molecular flexibility index (Phi) is 10.4. The molecule has 1 N–H and O–H groups in total. The number of benzene rings is 3. The van der Waals surface area contributed by atoms with Gasteiger partial charge in [-0.1, -0.05) is 48.9 Å². The number of carbonyl (C=O) groups excluding carboxylic acids is 2. The minimum atomic E-state index is -4.16. The number of carbonyl (C=O) groups is 2. The molecule has 0 aliphatic carbocycles. The fraction of sp³-hybridized carbons (Fsp3) is 0.355. The number of nitrogens with zero attached hydrogens (tertiary/aromatic N) is 2. The minimum Gasteiger partial charge on any atom is -0.497 e. The number of rotatable bonds is 11. The van der Waals surface area contributed by atoms with Crippen molar-refractivity contribution in [2.75, 3.05) is 18.0 Å². The summed E-state index contributed by atoms with van der Waals surface area (Å²) in [5.41, 5.74) is 1.11. The van der Waals surface area contributed by atoms with Gasteiger partial charge >= 0.3 is 0 Å². The largest absolute Gasteiger partial charge is 0.497 e. The van der Waals surface area contributed by atoms with Crippen molar-refractivity contribution in [3.63, 3.8) is 0 Å². The van der Waals surface area contributed by atoms with E-state index in [2.05, 4.69) is 5.32 Å². The van der Waals surface area contributed by atoms with Gasteiger partial charge in [-0.3, -0.25) is 13.9 Å². The van der Waals surface area contributed by atoms with Crippen molar-refractivity contribution in [1.29, 1.82) is 0 Å². The van der Waals surface area contributed by atoms with Crippen LogP contribution < -0.4 is 14.4 Å². The van der Waals surface area contributed by atoms with E-state index in [9.17, 15) is 18.0 Å². The summed E-state index contributed by atoms with van der Waals surface area (Å²) in [6.45, 7) is 8.70. The Morgan fingerprint density at radius 1 is 1.00 bits per heavy atom. The van der Waals surface area contributed by atoms with Crippen molar-refractivity contribution < 1.29 is 22.7 Å². The highest BCUT2D eigenvalue weighted by Gasteiger charge is 2.35. The van der Waals surface area contributed by atoms with Gasteiger partial charge in [0, 0.05) is 17.1 Å². The van der Waals surface area contributed by atoms with Gasteiger partial charge in [0.05, 0.1) is 17.7 Å². The van der Waals surface area contributed by atoms with Gasteiger partial charge in [-0.05, 0) is 87.7 Å². The van der Waals surface area contributed by atoms with Crippen molar-refractivity contribution in [2.24, 2.45) is 0 Å². The van der Waals surface area contributed by atoms with E-state index >= 15 is 0 Å². The Morgan fingerprint density at radius 2 is 1.68 bits per heavy atom. The van der Waals surface area contributed by atoms with Gasteiger partial charge < -0.3 is 15.0 Å². The maximum absolute atomic E-state index is 14.2. The summed E-state index contributed by atoms with van der Waals surface area (Å²) in [5, 5.41) is 3.41. The Labute approximate surface area is 248 Å². The number of halogens is 1. The predicted molar refractivity (Wildman–Crippen MR) is 163 cm³/mol. The molecule has 3 aromatic rings. The highest BCUT2D eigenvalue weighted by atomic mass is 35.5. The number of nitrogens with one attached hydrogen (secondary N) is 1. The highest BCUT2D eigenvalue weighted by molar-refractivity contribution is 7.92. The van der Waals surface area contributed by atoms with Crippen molar-refractivity contribution in [3.8, 4) is 5.75 Å².